The number of morpholine rings is 1. The van der Waals surface area contributed by atoms with Crippen LogP contribution in [-0.4, -0.2) is 35.0 Å². The molecular weight excluding hydrogens is 344 g/mol. The van der Waals surface area contributed by atoms with Crippen molar-refractivity contribution in [1.29, 1.82) is 0 Å². The van der Waals surface area contributed by atoms with E-state index in [1.54, 1.807) is 23.5 Å². The number of rotatable bonds is 2. The van der Waals surface area contributed by atoms with Crippen molar-refractivity contribution < 1.29 is 13.9 Å². The molecule has 0 saturated carbocycles. The summed E-state index contributed by atoms with van der Waals surface area (Å²) in [6.45, 7) is 3.12. The zero-order valence-electron chi connectivity index (χ0n) is 13.0. The molecule has 1 aliphatic rings. The Kier molecular flexibility index (Phi) is 3.99. The number of thiophene rings is 1. The number of nitrogens with zero attached hydrogens (tertiary/aromatic N) is 1. The quantitative estimate of drug-likeness (QED) is 0.698. The van der Waals surface area contributed by atoms with E-state index >= 15 is 0 Å². The molecule has 24 heavy (non-hydrogen) atoms. The summed E-state index contributed by atoms with van der Waals surface area (Å²) in [6.07, 6.45) is -0.0867. The van der Waals surface area contributed by atoms with Crippen molar-refractivity contribution in [3.05, 3.63) is 51.0 Å². The summed E-state index contributed by atoms with van der Waals surface area (Å²) in [7, 11) is 0. The Morgan fingerprint density at radius 1 is 1.38 bits per heavy atom. The van der Waals surface area contributed by atoms with Gasteiger partial charge in [-0.1, -0.05) is 0 Å². The number of benzene rings is 1. The number of ether oxygens (including phenoxy) is 1. The first-order chi connectivity index (χ1) is 11.6. The van der Waals surface area contributed by atoms with Gasteiger partial charge in [0.2, 0.25) is 0 Å². The van der Waals surface area contributed by atoms with Crippen molar-refractivity contribution in [2.75, 3.05) is 13.1 Å². The summed E-state index contributed by atoms with van der Waals surface area (Å²) in [5.74, 6) is -0.0189. The maximum Gasteiger partial charge on any atom is 0.266 e. The third-order valence-electron chi connectivity index (χ3n) is 4.13. The van der Waals surface area contributed by atoms with Gasteiger partial charge in [0.15, 0.2) is 5.58 Å². The van der Waals surface area contributed by atoms with Crippen LogP contribution in [0, 0.1) is 4.84 Å². The van der Waals surface area contributed by atoms with Gasteiger partial charge in [-0.2, -0.15) is 11.3 Å². The molecule has 1 amide bonds. The first kappa shape index (κ1) is 15.6. The normalized spacial score (nSPS) is 21.3. The molecule has 7 heteroatoms. The molecule has 3 heterocycles. The highest BCUT2D eigenvalue weighted by Gasteiger charge is 2.30. The summed E-state index contributed by atoms with van der Waals surface area (Å²) < 4.78 is 11.4. The number of hydrogen-bond donors (Lipinski definition) is 1. The van der Waals surface area contributed by atoms with E-state index in [9.17, 15) is 4.79 Å². The van der Waals surface area contributed by atoms with Gasteiger partial charge in [-0.05, 0) is 59.7 Å². The standard InChI is InChI=1S/C17H16N2O3S2/c1-10-7-19(8-15(21-10)12-4-5-24-9-12)16(20)11-2-3-13-14(6-11)22-17(23)18-13/h2-6,9-10,15H,7-8H2,1H3,(H,18,23)/t10-,15-/m1/s1. The predicted octanol–water partition coefficient (Wildman–Crippen LogP) is 4.15. The number of carbonyl (C=O) groups is 1. The number of oxazole rings is 1. The van der Waals surface area contributed by atoms with Crippen molar-refractivity contribution in [3.8, 4) is 0 Å². The minimum atomic E-state index is -0.0797. The van der Waals surface area contributed by atoms with Gasteiger partial charge in [-0.15, -0.1) is 0 Å². The van der Waals surface area contributed by atoms with Crippen LogP contribution in [0.5, 0.6) is 0 Å². The molecule has 1 aliphatic heterocycles. The highest BCUT2D eigenvalue weighted by molar-refractivity contribution is 7.71. The zero-order chi connectivity index (χ0) is 16.7. The van der Waals surface area contributed by atoms with E-state index in [1.165, 1.54) is 0 Å². The molecule has 1 saturated heterocycles. The van der Waals surface area contributed by atoms with Crippen LogP contribution in [0.4, 0.5) is 0 Å². The Bertz CT molecular complexity index is 929. The van der Waals surface area contributed by atoms with E-state index in [-0.39, 0.29) is 18.1 Å². The number of hydrogen-bond acceptors (Lipinski definition) is 5. The largest absolute Gasteiger partial charge is 0.429 e. The molecule has 0 unspecified atom stereocenters. The van der Waals surface area contributed by atoms with Gasteiger partial charge >= 0.3 is 0 Å². The summed E-state index contributed by atoms with van der Waals surface area (Å²) >= 11 is 6.63. The lowest BCUT2D eigenvalue weighted by Crippen LogP contribution is -2.45. The van der Waals surface area contributed by atoms with E-state index in [2.05, 4.69) is 10.4 Å². The molecule has 1 aromatic carbocycles. The second kappa shape index (κ2) is 6.16. The summed E-state index contributed by atoms with van der Waals surface area (Å²) in [6, 6.07) is 7.41. The monoisotopic (exact) mass is 360 g/mol. The Morgan fingerprint density at radius 2 is 2.25 bits per heavy atom. The lowest BCUT2D eigenvalue weighted by atomic mass is 10.1. The highest BCUT2D eigenvalue weighted by Crippen LogP contribution is 2.28. The molecule has 1 fully saturated rings. The maximum atomic E-state index is 12.9. The van der Waals surface area contributed by atoms with E-state index in [1.807, 2.05) is 29.3 Å². The smallest absolute Gasteiger partial charge is 0.266 e. The number of aromatic nitrogens is 1. The van der Waals surface area contributed by atoms with Gasteiger partial charge in [0.05, 0.1) is 18.2 Å². The van der Waals surface area contributed by atoms with Crippen LogP contribution in [-0.2, 0) is 4.74 Å². The number of aromatic amines is 1. The molecule has 124 valence electrons. The molecule has 0 spiro atoms. The number of carbonyl (C=O) groups excluding carboxylic acids is 1. The lowest BCUT2D eigenvalue weighted by molar-refractivity contribution is -0.0690. The van der Waals surface area contributed by atoms with Crippen LogP contribution in [0.25, 0.3) is 11.1 Å². The van der Waals surface area contributed by atoms with Gasteiger partial charge < -0.3 is 19.0 Å². The van der Waals surface area contributed by atoms with Crippen molar-refractivity contribution in [3.63, 3.8) is 0 Å². The maximum absolute atomic E-state index is 12.9. The van der Waals surface area contributed by atoms with Crippen molar-refractivity contribution >= 4 is 40.6 Å². The average Bonchev–Trinajstić information content (AvgIpc) is 3.21. The topological polar surface area (TPSA) is 58.5 Å². The minimum Gasteiger partial charge on any atom is -0.429 e. The molecule has 3 aromatic rings. The Morgan fingerprint density at radius 3 is 3.04 bits per heavy atom. The minimum absolute atomic E-state index is 0.00692. The molecule has 1 N–H and O–H groups in total. The molecule has 0 bridgehead atoms. The van der Waals surface area contributed by atoms with Crippen LogP contribution >= 0.6 is 23.6 Å². The van der Waals surface area contributed by atoms with E-state index in [0.717, 1.165) is 11.1 Å². The molecule has 2 atom stereocenters. The van der Waals surface area contributed by atoms with Crippen LogP contribution in [0.3, 0.4) is 0 Å². The fourth-order valence-corrected chi connectivity index (χ4v) is 3.92. The number of fused-ring (bicyclic) bond motifs is 1. The van der Waals surface area contributed by atoms with Crippen molar-refractivity contribution in [2.24, 2.45) is 0 Å². The van der Waals surface area contributed by atoms with Crippen molar-refractivity contribution in [2.45, 2.75) is 19.1 Å². The molecule has 0 aliphatic carbocycles. The Balaban J connectivity index is 1.60. The first-order valence-corrected chi connectivity index (χ1v) is 9.05. The molecule has 4 rings (SSSR count). The average molecular weight is 360 g/mol. The number of H-pyrrole nitrogens is 1. The predicted molar refractivity (Wildman–Crippen MR) is 94.9 cm³/mol. The van der Waals surface area contributed by atoms with Gasteiger partial charge in [0, 0.05) is 12.1 Å². The molecule has 0 radical (unpaired) electrons. The van der Waals surface area contributed by atoms with Gasteiger partial charge in [-0.3, -0.25) is 4.79 Å². The Hall–Kier alpha value is -1.96. The summed E-state index contributed by atoms with van der Waals surface area (Å²) in [5.41, 5.74) is 3.11. The molecular formula is C17H16N2O3S2. The summed E-state index contributed by atoms with van der Waals surface area (Å²) in [4.78, 5) is 18.0. The van der Waals surface area contributed by atoms with Crippen LogP contribution in [0.1, 0.15) is 28.9 Å². The van der Waals surface area contributed by atoms with E-state index in [0.29, 0.717) is 29.1 Å². The van der Waals surface area contributed by atoms with E-state index < -0.39 is 0 Å². The summed E-state index contributed by atoms with van der Waals surface area (Å²) in [5, 5.41) is 4.10. The van der Waals surface area contributed by atoms with Crippen molar-refractivity contribution in [1.82, 2.24) is 9.88 Å². The Labute approximate surface area is 147 Å². The van der Waals surface area contributed by atoms with E-state index in [4.69, 9.17) is 21.4 Å². The SMILES string of the molecule is C[C@@H]1CN(C(=O)c2ccc3[nH]c(=S)oc3c2)C[C@H](c2ccsc2)O1. The third-order valence-corrected chi connectivity index (χ3v) is 5.02. The second-order valence-electron chi connectivity index (χ2n) is 5.93. The highest BCUT2D eigenvalue weighted by atomic mass is 32.1. The van der Waals surface area contributed by atoms with Gasteiger partial charge in [-0.25, -0.2) is 0 Å². The number of amides is 1. The second-order valence-corrected chi connectivity index (χ2v) is 7.08. The molecule has 2 aromatic heterocycles. The lowest BCUT2D eigenvalue weighted by Gasteiger charge is -2.36. The fourth-order valence-electron chi connectivity index (χ4n) is 3.02. The third kappa shape index (κ3) is 2.90. The van der Waals surface area contributed by atoms with Crippen LogP contribution < -0.4 is 0 Å². The van der Waals surface area contributed by atoms with Gasteiger partial charge in [0.1, 0.15) is 6.10 Å². The first-order valence-electron chi connectivity index (χ1n) is 7.70. The zero-order valence-corrected chi connectivity index (χ0v) is 14.7. The van der Waals surface area contributed by atoms with Crippen LogP contribution in [0.15, 0.2) is 39.4 Å². The number of nitrogens with one attached hydrogen (secondary N) is 1. The molecule has 5 nitrogen and oxygen atoms in total. The van der Waals surface area contributed by atoms with Crippen LogP contribution in [0.2, 0.25) is 0 Å². The van der Waals surface area contributed by atoms with Gasteiger partial charge in [0.25, 0.3) is 10.7 Å². The fraction of sp³-hybridized carbons (Fsp3) is 0.294.